The Labute approximate surface area is 115 Å². The van der Waals surface area contributed by atoms with Crippen LogP contribution < -0.4 is 10.2 Å². The molecule has 2 fully saturated rings. The molecule has 0 bridgehead atoms. The summed E-state index contributed by atoms with van der Waals surface area (Å²) in [5.74, 6) is 0.696. The second-order valence-corrected chi connectivity index (χ2v) is 5.88. The van der Waals surface area contributed by atoms with Gasteiger partial charge in [0.1, 0.15) is 0 Å². The van der Waals surface area contributed by atoms with Crippen molar-refractivity contribution in [2.45, 2.75) is 31.8 Å². The first-order chi connectivity index (χ1) is 9.35. The van der Waals surface area contributed by atoms with Gasteiger partial charge >= 0.3 is 0 Å². The zero-order valence-electron chi connectivity index (χ0n) is 11.8. The number of benzene rings is 1. The van der Waals surface area contributed by atoms with Crippen LogP contribution in [0.25, 0.3) is 0 Å². The molecule has 1 saturated carbocycles. The van der Waals surface area contributed by atoms with E-state index in [-0.39, 0.29) is 0 Å². The molecule has 0 radical (unpaired) electrons. The third-order valence-electron chi connectivity index (χ3n) is 4.16. The van der Waals surface area contributed by atoms with Gasteiger partial charge in [-0.1, -0.05) is 12.1 Å². The van der Waals surface area contributed by atoms with E-state index in [0.29, 0.717) is 5.92 Å². The Bertz CT molecular complexity index is 400. The van der Waals surface area contributed by atoms with Crippen molar-refractivity contribution in [1.82, 2.24) is 5.32 Å². The minimum absolute atomic E-state index is 0.696. The van der Waals surface area contributed by atoms with Gasteiger partial charge in [-0.3, -0.25) is 0 Å². The van der Waals surface area contributed by atoms with E-state index in [1.165, 1.54) is 30.5 Å². The molecule has 1 aromatic carbocycles. The molecule has 1 N–H and O–H groups in total. The van der Waals surface area contributed by atoms with Crippen molar-refractivity contribution in [3.63, 3.8) is 0 Å². The number of rotatable bonds is 6. The fourth-order valence-corrected chi connectivity index (χ4v) is 2.81. The number of methoxy groups -OCH3 is 1. The summed E-state index contributed by atoms with van der Waals surface area (Å²) in [6.45, 7) is 4.19. The molecule has 0 aromatic heterocycles. The minimum atomic E-state index is 0.696. The number of hydrogen-bond donors (Lipinski definition) is 1. The van der Waals surface area contributed by atoms with Crippen molar-refractivity contribution in [2.24, 2.45) is 5.92 Å². The van der Waals surface area contributed by atoms with Gasteiger partial charge < -0.3 is 15.0 Å². The van der Waals surface area contributed by atoms with Gasteiger partial charge in [0.05, 0.1) is 6.61 Å². The molecule has 104 valence electrons. The number of hydrogen-bond acceptors (Lipinski definition) is 3. The minimum Gasteiger partial charge on any atom is -0.384 e. The lowest BCUT2D eigenvalue weighted by Gasteiger charge is -2.19. The van der Waals surface area contributed by atoms with E-state index in [4.69, 9.17) is 4.74 Å². The summed E-state index contributed by atoms with van der Waals surface area (Å²) in [6, 6.07) is 9.83. The number of ether oxygens (including phenoxy) is 1. The topological polar surface area (TPSA) is 24.5 Å². The molecule has 1 heterocycles. The highest BCUT2D eigenvalue weighted by Gasteiger charge is 2.22. The van der Waals surface area contributed by atoms with Crippen LogP contribution in [0.5, 0.6) is 0 Å². The smallest absolute Gasteiger partial charge is 0.0508 e. The Hall–Kier alpha value is -1.06. The van der Waals surface area contributed by atoms with Crippen molar-refractivity contribution in [3.05, 3.63) is 29.8 Å². The standard InChI is InChI=1S/C16H24N2O/c1-19-12-14-8-9-18(11-14)16-6-2-13(3-7-16)10-17-15-4-5-15/h2-3,6-7,14-15,17H,4-5,8-12H2,1H3. The van der Waals surface area contributed by atoms with Crippen molar-refractivity contribution in [2.75, 3.05) is 31.7 Å². The van der Waals surface area contributed by atoms with Gasteiger partial charge in [0, 0.05) is 44.4 Å². The molecule has 1 atom stereocenters. The van der Waals surface area contributed by atoms with Crippen molar-refractivity contribution in [3.8, 4) is 0 Å². The van der Waals surface area contributed by atoms with Gasteiger partial charge in [-0.2, -0.15) is 0 Å². The first-order valence-electron chi connectivity index (χ1n) is 7.41. The molecular formula is C16H24N2O. The average molecular weight is 260 g/mol. The van der Waals surface area contributed by atoms with Crippen LogP contribution in [-0.2, 0) is 11.3 Å². The number of nitrogens with zero attached hydrogens (tertiary/aromatic N) is 1. The van der Waals surface area contributed by atoms with Gasteiger partial charge in [-0.05, 0) is 37.0 Å². The molecule has 1 aliphatic carbocycles. The molecule has 0 amide bonds. The van der Waals surface area contributed by atoms with Gasteiger partial charge in [-0.25, -0.2) is 0 Å². The predicted octanol–water partition coefficient (Wildman–Crippen LogP) is 2.41. The number of nitrogens with one attached hydrogen (secondary N) is 1. The second-order valence-electron chi connectivity index (χ2n) is 5.88. The Kier molecular flexibility index (Phi) is 4.04. The van der Waals surface area contributed by atoms with Crippen molar-refractivity contribution < 1.29 is 4.74 Å². The third-order valence-corrected chi connectivity index (χ3v) is 4.16. The van der Waals surface area contributed by atoms with Crippen LogP contribution in [0.4, 0.5) is 5.69 Å². The van der Waals surface area contributed by atoms with Crippen LogP contribution in [0.3, 0.4) is 0 Å². The van der Waals surface area contributed by atoms with Gasteiger partial charge in [-0.15, -0.1) is 0 Å². The Balaban J connectivity index is 1.53. The molecule has 3 rings (SSSR count). The third kappa shape index (κ3) is 3.48. The van der Waals surface area contributed by atoms with E-state index in [0.717, 1.165) is 32.3 Å². The van der Waals surface area contributed by atoms with Crippen LogP contribution in [0.15, 0.2) is 24.3 Å². The summed E-state index contributed by atoms with van der Waals surface area (Å²) in [6.07, 6.45) is 3.96. The van der Waals surface area contributed by atoms with E-state index in [9.17, 15) is 0 Å². The van der Waals surface area contributed by atoms with E-state index < -0.39 is 0 Å². The summed E-state index contributed by atoms with van der Waals surface area (Å²) < 4.78 is 5.25. The first-order valence-corrected chi connectivity index (χ1v) is 7.41. The lowest BCUT2D eigenvalue weighted by molar-refractivity contribution is 0.161. The van der Waals surface area contributed by atoms with Crippen LogP contribution >= 0.6 is 0 Å². The Morgan fingerprint density at radius 2 is 2.00 bits per heavy atom. The Morgan fingerprint density at radius 3 is 2.68 bits per heavy atom. The van der Waals surface area contributed by atoms with Crippen molar-refractivity contribution >= 4 is 5.69 Å². The maximum absolute atomic E-state index is 5.25. The lowest BCUT2D eigenvalue weighted by atomic mass is 10.1. The monoisotopic (exact) mass is 260 g/mol. The Morgan fingerprint density at radius 1 is 1.21 bits per heavy atom. The number of anilines is 1. The highest BCUT2D eigenvalue weighted by molar-refractivity contribution is 5.48. The van der Waals surface area contributed by atoms with Gasteiger partial charge in [0.25, 0.3) is 0 Å². The highest BCUT2D eigenvalue weighted by Crippen LogP contribution is 2.24. The molecule has 1 unspecified atom stereocenters. The van der Waals surface area contributed by atoms with Gasteiger partial charge in [0.2, 0.25) is 0 Å². The molecule has 3 nitrogen and oxygen atoms in total. The van der Waals surface area contributed by atoms with Gasteiger partial charge in [0.15, 0.2) is 0 Å². The molecular weight excluding hydrogens is 236 g/mol. The molecule has 19 heavy (non-hydrogen) atoms. The summed E-state index contributed by atoms with van der Waals surface area (Å²) >= 11 is 0. The fourth-order valence-electron chi connectivity index (χ4n) is 2.81. The maximum atomic E-state index is 5.25. The maximum Gasteiger partial charge on any atom is 0.0508 e. The molecule has 3 heteroatoms. The first kappa shape index (κ1) is 12.9. The lowest BCUT2D eigenvalue weighted by Crippen LogP contribution is -2.21. The van der Waals surface area contributed by atoms with Crippen LogP contribution in [0.1, 0.15) is 24.8 Å². The average Bonchev–Trinajstić information content (AvgIpc) is 3.16. The van der Waals surface area contributed by atoms with E-state index in [2.05, 4.69) is 34.5 Å². The van der Waals surface area contributed by atoms with Crippen LogP contribution in [-0.4, -0.2) is 32.8 Å². The molecule has 2 aliphatic rings. The molecule has 1 aromatic rings. The summed E-state index contributed by atoms with van der Waals surface area (Å²) in [5.41, 5.74) is 2.75. The van der Waals surface area contributed by atoms with Crippen LogP contribution in [0, 0.1) is 5.92 Å². The van der Waals surface area contributed by atoms with Crippen molar-refractivity contribution in [1.29, 1.82) is 0 Å². The molecule has 0 spiro atoms. The SMILES string of the molecule is COCC1CCN(c2ccc(CNC3CC3)cc2)C1. The largest absolute Gasteiger partial charge is 0.384 e. The van der Waals surface area contributed by atoms with E-state index in [1.807, 2.05) is 0 Å². The summed E-state index contributed by atoms with van der Waals surface area (Å²) in [4.78, 5) is 2.47. The zero-order chi connectivity index (χ0) is 13.1. The van der Waals surface area contributed by atoms with E-state index >= 15 is 0 Å². The summed E-state index contributed by atoms with van der Waals surface area (Å²) in [5, 5.41) is 3.56. The normalized spacial score (nSPS) is 23.0. The van der Waals surface area contributed by atoms with E-state index in [1.54, 1.807) is 7.11 Å². The highest BCUT2D eigenvalue weighted by atomic mass is 16.5. The molecule has 1 aliphatic heterocycles. The fraction of sp³-hybridized carbons (Fsp3) is 0.625. The predicted molar refractivity (Wildman–Crippen MR) is 78.5 cm³/mol. The summed E-state index contributed by atoms with van der Waals surface area (Å²) in [7, 11) is 1.80. The quantitative estimate of drug-likeness (QED) is 0.850. The van der Waals surface area contributed by atoms with Crippen LogP contribution in [0.2, 0.25) is 0 Å². The molecule has 1 saturated heterocycles. The zero-order valence-corrected chi connectivity index (χ0v) is 11.8. The second kappa shape index (κ2) is 5.93.